The van der Waals surface area contributed by atoms with Crippen molar-refractivity contribution >= 4 is 21.6 Å². The molecular formula is C16H22N2O4S. The molecule has 23 heavy (non-hydrogen) atoms. The van der Waals surface area contributed by atoms with Crippen LogP contribution in [0, 0.1) is 0 Å². The minimum Gasteiger partial charge on any atom is -0.368 e. The number of carbonyl (C=O) groups excluding carboxylic acids is 1. The number of ether oxygens (including phenoxy) is 1. The molecule has 1 aromatic carbocycles. The van der Waals surface area contributed by atoms with Crippen LogP contribution in [0.5, 0.6) is 0 Å². The van der Waals surface area contributed by atoms with Crippen molar-refractivity contribution in [2.75, 3.05) is 25.0 Å². The second kappa shape index (κ2) is 6.98. The number of carbonyl (C=O) groups is 1. The Morgan fingerprint density at radius 3 is 2.39 bits per heavy atom. The second-order valence-corrected chi connectivity index (χ2v) is 7.92. The number of anilines is 1. The summed E-state index contributed by atoms with van der Waals surface area (Å²) < 4.78 is 32.0. The zero-order valence-electron chi connectivity index (χ0n) is 13.0. The minimum atomic E-state index is -3.43. The van der Waals surface area contributed by atoms with E-state index in [0.29, 0.717) is 25.4 Å². The van der Waals surface area contributed by atoms with Gasteiger partial charge < -0.3 is 10.1 Å². The molecule has 2 aliphatic heterocycles. The Hall–Kier alpha value is -1.44. The molecule has 0 aliphatic carbocycles. The van der Waals surface area contributed by atoms with E-state index >= 15 is 0 Å². The van der Waals surface area contributed by atoms with E-state index in [9.17, 15) is 13.2 Å². The average molecular weight is 338 g/mol. The van der Waals surface area contributed by atoms with Gasteiger partial charge in [0.25, 0.3) is 5.91 Å². The van der Waals surface area contributed by atoms with Gasteiger partial charge in [0.05, 0.1) is 4.90 Å². The smallest absolute Gasteiger partial charge is 0.253 e. The summed E-state index contributed by atoms with van der Waals surface area (Å²) in [7, 11) is -3.43. The molecule has 2 saturated heterocycles. The van der Waals surface area contributed by atoms with Crippen LogP contribution in [0.1, 0.15) is 32.1 Å². The molecule has 7 heteroatoms. The molecule has 2 heterocycles. The number of sulfonamides is 1. The van der Waals surface area contributed by atoms with Crippen LogP contribution in [-0.2, 0) is 19.6 Å². The maximum Gasteiger partial charge on any atom is 0.253 e. The van der Waals surface area contributed by atoms with Gasteiger partial charge in [-0.25, -0.2) is 8.42 Å². The standard InChI is InChI=1S/C16H22N2O4S/c19-16(15-5-4-12-22-15)17-13-6-8-14(9-7-13)23(20,21)18-10-2-1-3-11-18/h6-9,15H,1-5,10-12H2,(H,17,19)/t15-/m1/s1. The van der Waals surface area contributed by atoms with Crippen LogP contribution >= 0.6 is 0 Å². The first-order chi connectivity index (χ1) is 11.1. The van der Waals surface area contributed by atoms with Crippen molar-refractivity contribution in [2.24, 2.45) is 0 Å². The fourth-order valence-electron chi connectivity index (χ4n) is 2.97. The van der Waals surface area contributed by atoms with Crippen LogP contribution < -0.4 is 5.32 Å². The van der Waals surface area contributed by atoms with Gasteiger partial charge in [0.15, 0.2) is 0 Å². The third-order valence-electron chi connectivity index (χ3n) is 4.30. The van der Waals surface area contributed by atoms with Crippen molar-refractivity contribution < 1.29 is 17.9 Å². The van der Waals surface area contributed by atoms with Crippen LogP contribution in [0.3, 0.4) is 0 Å². The number of hydrogen-bond acceptors (Lipinski definition) is 4. The molecule has 0 spiro atoms. The lowest BCUT2D eigenvalue weighted by Gasteiger charge is -2.25. The zero-order chi connectivity index (χ0) is 16.3. The van der Waals surface area contributed by atoms with Gasteiger partial charge in [-0.3, -0.25) is 4.79 Å². The summed E-state index contributed by atoms with van der Waals surface area (Å²) in [6.07, 6.45) is 4.13. The predicted octanol–water partition coefficient (Wildman–Crippen LogP) is 1.98. The Bertz CT molecular complexity index is 645. The summed E-state index contributed by atoms with van der Waals surface area (Å²) in [5, 5.41) is 2.77. The Morgan fingerprint density at radius 1 is 1.09 bits per heavy atom. The Morgan fingerprint density at radius 2 is 1.78 bits per heavy atom. The van der Waals surface area contributed by atoms with Gasteiger partial charge in [-0.05, 0) is 49.9 Å². The number of piperidine rings is 1. The summed E-state index contributed by atoms with van der Waals surface area (Å²) in [6, 6.07) is 6.36. The van der Waals surface area contributed by atoms with Crippen LogP contribution in [0.25, 0.3) is 0 Å². The van der Waals surface area contributed by atoms with E-state index < -0.39 is 16.1 Å². The quantitative estimate of drug-likeness (QED) is 0.911. The largest absolute Gasteiger partial charge is 0.368 e. The molecule has 3 rings (SSSR count). The third kappa shape index (κ3) is 3.73. The number of nitrogens with zero attached hydrogens (tertiary/aromatic N) is 1. The van der Waals surface area contributed by atoms with Crippen LogP contribution in [-0.4, -0.2) is 44.4 Å². The molecule has 1 N–H and O–H groups in total. The number of nitrogens with one attached hydrogen (secondary N) is 1. The normalized spacial score (nSPS) is 22.9. The van der Waals surface area contributed by atoms with Crippen molar-refractivity contribution in [3.63, 3.8) is 0 Å². The van der Waals surface area contributed by atoms with Crippen LogP contribution in [0.2, 0.25) is 0 Å². The van der Waals surface area contributed by atoms with Gasteiger partial charge in [0.1, 0.15) is 6.10 Å². The molecule has 2 fully saturated rings. The summed E-state index contributed by atoms with van der Waals surface area (Å²) in [5.41, 5.74) is 0.586. The highest BCUT2D eigenvalue weighted by molar-refractivity contribution is 7.89. The van der Waals surface area contributed by atoms with Crippen LogP contribution in [0.4, 0.5) is 5.69 Å². The number of rotatable bonds is 4. The lowest BCUT2D eigenvalue weighted by atomic mass is 10.2. The molecule has 6 nitrogen and oxygen atoms in total. The lowest BCUT2D eigenvalue weighted by molar-refractivity contribution is -0.124. The zero-order valence-corrected chi connectivity index (χ0v) is 13.8. The van der Waals surface area contributed by atoms with Crippen molar-refractivity contribution in [1.29, 1.82) is 0 Å². The lowest BCUT2D eigenvalue weighted by Crippen LogP contribution is -2.35. The molecule has 1 atom stereocenters. The minimum absolute atomic E-state index is 0.172. The topological polar surface area (TPSA) is 75.7 Å². The monoisotopic (exact) mass is 338 g/mol. The highest BCUT2D eigenvalue weighted by atomic mass is 32.2. The van der Waals surface area contributed by atoms with Crippen molar-refractivity contribution in [2.45, 2.75) is 43.1 Å². The highest BCUT2D eigenvalue weighted by Gasteiger charge is 2.26. The maximum atomic E-state index is 12.5. The second-order valence-electron chi connectivity index (χ2n) is 5.98. The van der Waals surface area contributed by atoms with Gasteiger partial charge in [-0.15, -0.1) is 0 Å². The predicted molar refractivity (Wildman–Crippen MR) is 86.7 cm³/mol. The average Bonchev–Trinajstić information content (AvgIpc) is 3.11. The summed E-state index contributed by atoms with van der Waals surface area (Å²) in [5.74, 6) is -0.172. The van der Waals surface area contributed by atoms with Crippen LogP contribution in [0.15, 0.2) is 29.2 Å². The van der Waals surface area contributed by atoms with Gasteiger partial charge in [-0.1, -0.05) is 6.42 Å². The molecule has 0 bridgehead atoms. The SMILES string of the molecule is O=C(Nc1ccc(S(=O)(=O)N2CCCCC2)cc1)[C@H]1CCCO1. The number of amides is 1. The first kappa shape index (κ1) is 16.4. The molecule has 126 valence electrons. The molecule has 1 amide bonds. The van der Waals surface area contributed by atoms with E-state index in [-0.39, 0.29) is 10.8 Å². The van der Waals surface area contributed by atoms with Gasteiger partial charge in [-0.2, -0.15) is 4.31 Å². The van der Waals surface area contributed by atoms with E-state index in [0.717, 1.165) is 32.1 Å². The molecule has 0 radical (unpaired) electrons. The Kier molecular flexibility index (Phi) is 4.99. The van der Waals surface area contributed by atoms with E-state index in [1.54, 1.807) is 24.3 Å². The first-order valence-electron chi connectivity index (χ1n) is 8.10. The van der Waals surface area contributed by atoms with E-state index in [4.69, 9.17) is 4.74 Å². The molecule has 2 aliphatic rings. The summed E-state index contributed by atoms with van der Waals surface area (Å²) in [6.45, 7) is 1.78. The molecule has 0 saturated carbocycles. The molecule has 0 aromatic heterocycles. The highest BCUT2D eigenvalue weighted by Crippen LogP contribution is 2.22. The fraction of sp³-hybridized carbons (Fsp3) is 0.562. The van der Waals surface area contributed by atoms with Gasteiger partial charge in [0.2, 0.25) is 10.0 Å². The van der Waals surface area contributed by atoms with Gasteiger partial charge >= 0.3 is 0 Å². The van der Waals surface area contributed by atoms with E-state index in [1.807, 2.05) is 0 Å². The van der Waals surface area contributed by atoms with Gasteiger partial charge in [0, 0.05) is 25.4 Å². The molecule has 1 aromatic rings. The summed E-state index contributed by atoms with van der Waals surface area (Å²) in [4.78, 5) is 12.3. The van der Waals surface area contributed by atoms with E-state index in [1.165, 1.54) is 4.31 Å². The first-order valence-corrected chi connectivity index (χ1v) is 9.54. The molecular weight excluding hydrogens is 316 g/mol. The van der Waals surface area contributed by atoms with Crippen molar-refractivity contribution in [1.82, 2.24) is 4.31 Å². The molecule has 0 unspecified atom stereocenters. The van der Waals surface area contributed by atoms with Crippen molar-refractivity contribution in [3.05, 3.63) is 24.3 Å². The van der Waals surface area contributed by atoms with E-state index in [2.05, 4.69) is 5.32 Å². The summed E-state index contributed by atoms with van der Waals surface area (Å²) >= 11 is 0. The Balaban J connectivity index is 1.67. The number of benzene rings is 1. The fourth-order valence-corrected chi connectivity index (χ4v) is 4.49. The van der Waals surface area contributed by atoms with Crippen molar-refractivity contribution in [3.8, 4) is 0 Å². The third-order valence-corrected chi connectivity index (χ3v) is 6.21. The maximum absolute atomic E-state index is 12.5. The number of hydrogen-bond donors (Lipinski definition) is 1. The Labute approximate surface area is 136 Å².